The number of nitrogens with one attached hydrogen (secondary N) is 2. The number of hydrogen-bond acceptors (Lipinski definition) is 5. The fourth-order valence-corrected chi connectivity index (χ4v) is 5.75. The van der Waals surface area contributed by atoms with Gasteiger partial charge in [-0.25, -0.2) is 12.8 Å². The zero-order valence-corrected chi connectivity index (χ0v) is 18.1. The minimum atomic E-state index is -4.00. The van der Waals surface area contributed by atoms with Crippen LogP contribution in [0, 0.1) is 21.8 Å². The summed E-state index contributed by atoms with van der Waals surface area (Å²) in [6, 6.07) is 16.8. The molecule has 1 heterocycles. The summed E-state index contributed by atoms with van der Waals surface area (Å²) in [5.41, 5.74) is 2.32. The number of hydrogen-bond donors (Lipinski definition) is 2. The first-order chi connectivity index (χ1) is 15.8. The molecule has 0 bridgehead atoms. The molecule has 1 aliphatic heterocycles. The van der Waals surface area contributed by atoms with Gasteiger partial charge in [0.2, 0.25) is 0 Å². The van der Waals surface area contributed by atoms with Gasteiger partial charge in [0.05, 0.1) is 21.5 Å². The number of allylic oxidation sites excluding steroid dienone is 2. The average Bonchev–Trinajstić information content (AvgIpc) is 3.30. The second-order valence-electron chi connectivity index (χ2n) is 8.16. The lowest BCUT2D eigenvalue weighted by Crippen LogP contribution is -2.29. The molecule has 1 aliphatic carbocycles. The van der Waals surface area contributed by atoms with Crippen LogP contribution in [0.3, 0.4) is 0 Å². The van der Waals surface area contributed by atoms with E-state index in [0.29, 0.717) is 0 Å². The molecule has 2 N–H and O–H groups in total. The number of nitro groups is 1. The normalized spacial score (nSPS) is 21.1. The Hall–Kier alpha value is -3.72. The predicted molar refractivity (Wildman–Crippen MR) is 123 cm³/mol. The van der Waals surface area contributed by atoms with E-state index in [1.807, 2.05) is 6.07 Å². The number of sulfonamides is 1. The van der Waals surface area contributed by atoms with E-state index in [2.05, 4.69) is 22.2 Å². The predicted octanol–water partition coefficient (Wildman–Crippen LogP) is 5.36. The summed E-state index contributed by atoms with van der Waals surface area (Å²) in [7, 11) is -4.00. The van der Waals surface area contributed by atoms with E-state index in [4.69, 9.17) is 0 Å². The Morgan fingerprint density at radius 2 is 1.88 bits per heavy atom. The van der Waals surface area contributed by atoms with Gasteiger partial charge in [-0.15, -0.1) is 0 Å². The standard InChI is InChI=1S/C24H20FN3O4S/c25-21-9-1-2-10-23(21)27-33(31,32)17-11-12-22-20(14-17)18-7-4-8-19(18)24(26-22)15-5-3-6-16(13-15)28(29)30/h1-7,9-14,18-19,24,26-27H,8H2/t18-,19+,24+/m0/s1. The second-order valence-corrected chi connectivity index (χ2v) is 9.84. The van der Waals surface area contributed by atoms with Gasteiger partial charge in [-0.3, -0.25) is 14.8 Å². The van der Waals surface area contributed by atoms with Crippen molar-refractivity contribution in [3.63, 3.8) is 0 Å². The topological polar surface area (TPSA) is 101 Å². The summed E-state index contributed by atoms with van der Waals surface area (Å²) in [4.78, 5) is 10.9. The van der Waals surface area contributed by atoms with Gasteiger partial charge in [-0.2, -0.15) is 0 Å². The number of para-hydroxylation sites is 1. The van der Waals surface area contributed by atoms with Crippen LogP contribution in [0.5, 0.6) is 0 Å². The minimum Gasteiger partial charge on any atom is -0.378 e. The van der Waals surface area contributed by atoms with Crippen LogP contribution < -0.4 is 10.0 Å². The lowest BCUT2D eigenvalue weighted by atomic mass is 9.77. The summed E-state index contributed by atoms with van der Waals surface area (Å²) in [5.74, 6) is -0.620. The Labute approximate surface area is 190 Å². The highest BCUT2D eigenvalue weighted by atomic mass is 32.2. The van der Waals surface area contributed by atoms with Crippen molar-refractivity contribution in [3.8, 4) is 0 Å². The Bertz CT molecular complexity index is 1390. The number of fused-ring (bicyclic) bond motifs is 3. The van der Waals surface area contributed by atoms with E-state index < -0.39 is 20.8 Å². The first kappa shape index (κ1) is 21.1. The zero-order chi connectivity index (χ0) is 23.2. The van der Waals surface area contributed by atoms with Crippen molar-refractivity contribution in [2.45, 2.75) is 23.3 Å². The van der Waals surface area contributed by atoms with Crippen LogP contribution in [0.2, 0.25) is 0 Å². The van der Waals surface area contributed by atoms with Crippen molar-refractivity contribution in [1.29, 1.82) is 0 Å². The van der Waals surface area contributed by atoms with Crippen LogP contribution in [0.15, 0.2) is 83.8 Å². The quantitative estimate of drug-likeness (QED) is 0.300. The minimum absolute atomic E-state index is 0.0308. The maximum atomic E-state index is 14.0. The Balaban J connectivity index is 1.50. The summed E-state index contributed by atoms with van der Waals surface area (Å²) in [6.07, 6.45) is 4.86. The third-order valence-electron chi connectivity index (χ3n) is 6.20. The van der Waals surface area contributed by atoms with Gasteiger partial charge in [0.25, 0.3) is 15.7 Å². The van der Waals surface area contributed by atoms with Gasteiger partial charge in [0.15, 0.2) is 0 Å². The van der Waals surface area contributed by atoms with Crippen LogP contribution in [-0.2, 0) is 10.0 Å². The fraction of sp³-hybridized carbons (Fsp3) is 0.167. The maximum Gasteiger partial charge on any atom is 0.269 e. The zero-order valence-electron chi connectivity index (χ0n) is 17.3. The molecule has 33 heavy (non-hydrogen) atoms. The van der Waals surface area contributed by atoms with Crippen LogP contribution in [0.4, 0.5) is 21.5 Å². The number of nitro benzene ring substituents is 1. The van der Waals surface area contributed by atoms with Gasteiger partial charge in [0, 0.05) is 23.7 Å². The number of anilines is 2. The molecule has 0 aromatic heterocycles. The van der Waals surface area contributed by atoms with E-state index in [1.165, 1.54) is 30.3 Å². The van der Waals surface area contributed by atoms with Crippen molar-refractivity contribution in [2.24, 2.45) is 5.92 Å². The third kappa shape index (κ3) is 3.84. The highest BCUT2D eigenvalue weighted by Gasteiger charge is 2.38. The fourth-order valence-electron chi connectivity index (χ4n) is 4.65. The molecule has 5 rings (SSSR count). The van der Waals surface area contributed by atoms with Crippen molar-refractivity contribution < 1.29 is 17.7 Å². The van der Waals surface area contributed by atoms with Gasteiger partial charge in [-0.05, 0) is 53.8 Å². The van der Waals surface area contributed by atoms with E-state index in [9.17, 15) is 22.9 Å². The SMILES string of the molecule is O=[N+]([O-])c1cccc([C@H]2Nc3ccc(S(=O)(=O)Nc4ccccc4F)cc3[C@H]3C=CC[C@H]32)c1. The third-order valence-corrected chi connectivity index (χ3v) is 7.57. The Morgan fingerprint density at radius 1 is 1.06 bits per heavy atom. The molecule has 0 amide bonds. The van der Waals surface area contributed by atoms with Gasteiger partial charge >= 0.3 is 0 Å². The summed E-state index contributed by atoms with van der Waals surface area (Å²) < 4.78 is 42.2. The van der Waals surface area contributed by atoms with E-state index in [-0.39, 0.29) is 34.1 Å². The van der Waals surface area contributed by atoms with Crippen LogP contribution >= 0.6 is 0 Å². The summed E-state index contributed by atoms with van der Waals surface area (Å²) >= 11 is 0. The van der Waals surface area contributed by atoms with Crippen LogP contribution in [0.1, 0.15) is 29.5 Å². The average molecular weight is 466 g/mol. The van der Waals surface area contributed by atoms with E-state index >= 15 is 0 Å². The van der Waals surface area contributed by atoms with Crippen LogP contribution in [0.25, 0.3) is 0 Å². The second kappa shape index (κ2) is 8.00. The molecule has 0 saturated heterocycles. The van der Waals surface area contributed by atoms with Gasteiger partial charge in [-0.1, -0.05) is 36.4 Å². The molecule has 0 spiro atoms. The summed E-state index contributed by atoms with van der Waals surface area (Å²) in [6.45, 7) is 0. The number of rotatable bonds is 5. The molecule has 9 heteroatoms. The number of benzene rings is 3. The van der Waals surface area contributed by atoms with Gasteiger partial charge < -0.3 is 5.32 Å². The monoisotopic (exact) mass is 465 g/mol. The molecule has 0 saturated carbocycles. The molecule has 168 valence electrons. The van der Waals surface area contributed by atoms with Gasteiger partial charge in [0.1, 0.15) is 5.82 Å². The van der Waals surface area contributed by atoms with Crippen molar-refractivity contribution in [2.75, 3.05) is 10.0 Å². The first-order valence-corrected chi connectivity index (χ1v) is 11.9. The highest BCUT2D eigenvalue weighted by molar-refractivity contribution is 7.92. The Morgan fingerprint density at radius 3 is 2.67 bits per heavy atom. The molecule has 7 nitrogen and oxygen atoms in total. The maximum absolute atomic E-state index is 14.0. The van der Waals surface area contributed by atoms with E-state index in [1.54, 1.807) is 30.3 Å². The lowest BCUT2D eigenvalue weighted by Gasteiger charge is -2.37. The molecule has 2 aliphatic rings. The molecule has 0 radical (unpaired) electrons. The van der Waals surface area contributed by atoms with Crippen molar-refractivity contribution in [3.05, 3.63) is 106 Å². The lowest BCUT2D eigenvalue weighted by molar-refractivity contribution is -0.384. The largest absolute Gasteiger partial charge is 0.378 e. The smallest absolute Gasteiger partial charge is 0.269 e. The highest BCUT2D eigenvalue weighted by Crippen LogP contribution is 2.50. The number of halogens is 1. The summed E-state index contributed by atoms with van der Waals surface area (Å²) in [5, 5.41) is 14.7. The molecule has 0 unspecified atom stereocenters. The molecular weight excluding hydrogens is 445 g/mol. The first-order valence-electron chi connectivity index (χ1n) is 10.4. The number of non-ortho nitro benzene ring substituents is 1. The molecule has 0 fully saturated rings. The van der Waals surface area contributed by atoms with Crippen LogP contribution in [-0.4, -0.2) is 13.3 Å². The number of nitrogens with zero attached hydrogens (tertiary/aromatic N) is 1. The van der Waals surface area contributed by atoms with Crippen molar-refractivity contribution in [1.82, 2.24) is 0 Å². The van der Waals surface area contributed by atoms with Crippen molar-refractivity contribution >= 4 is 27.1 Å². The molecule has 3 aromatic rings. The molecule has 3 aromatic carbocycles. The van der Waals surface area contributed by atoms with E-state index in [0.717, 1.165) is 23.2 Å². The Kier molecular flexibility index (Phi) is 5.13. The molecular formula is C24H20FN3O4S. The molecule has 3 atom stereocenters.